The summed E-state index contributed by atoms with van der Waals surface area (Å²) < 4.78 is 5.46. The number of hydrogen-bond acceptors (Lipinski definition) is 4. The molecule has 1 aliphatic heterocycles. The largest absolute Gasteiger partial charge is 0.409 e. The van der Waals surface area contributed by atoms with Crippen molar-refractivity contribution in [3.63, 3.8) is 0 Å². The summed E-state index contributed by atoms with van der Waals surface area (Å²) in [5.74, 6) is 0.104. The highest BCUT2D eigenvalue weighted by Crippen LogP contribution is 2.17. The van der Waals surface area contributed by atoms with Crippen LogP contribution in [0, 0.1) is 5.92 Å². The van der Waals surface area contributed by atoms with E-state index in [0.29, 0.717) is 13.1 Å². The molecule has 3 N–H and O–H groups in total. The Kier molecular flexibility index (Phi) is 4.95. The van der Waals surface area contributed by atoms with Crippen molar-refractivity contribution in [3.05, 3.63) is 0 Å². The number of carbonyl (C=O) groups excluding carboxylic acids is 1. The molecule has 0 aromatic carbocycles. The molecule has 1 fully saturated rings. The van der Waals surface area contributed by atoms with Gasteiger partial charge < -0.3 is 20.6 Å². The van der Waals surface area contributed by atoms with Crippen molar-refractivity contribution in [1.82, 2.24) is 4.90 Å². The minimum atomic E-state index is -0.323. The molecule has 0 saturated carbocycles. The Morgan fingerprint density at radius 2 is 2.22 bits per heavy atom. The minimum Gasteiger partial charge on any atom is -0.409 e. The SMILES string of the molecule is CC(C)(C)OCC(=O)N1CCCC(C(N)=NO)C1. The van der Waals surface area contributed by atoms with Crippen molar-refractivity contribution in [2.45, 2.75) is 39.2 Å². The summed E-state index contributed by atoms with van der Waals surface area (Å²) in [7, 11) is 0. The first-order chi connectivity index (χ1) is 8.33. The highest BCUT2D eigenvalue weighted by molar-refractivity contribution is 5.84. The van der Waals surface area contributed by atoms with Crippen LogP contribution in [-0.2, 0) is 9.53 Å². The first-order valence-electron chi connectivity index (χ1n) is 6.22. The van der Waals surface area contributed by atoms with E-state index in [4.69, 9.17) is 15.7 Å². The van der Waals surface area contributed by atoms with Crippen LogP contribution < -0.4 is 5.73 Å². The van der Waals surface area contributed by atoms with E-state index in [1.165, 1.54) is 0 Å². The Balaban J connectivity index is 2.48. The molecule has 0 aromatic rings. The Morgan fingerprint density at radius 3 is 2.78 bits per heavy atom. The zero-order chi connectivity index (χ0) is 13.8. The highest BCUT2D eigenvalue weighted by atomic mass is 16.5. The molecule has 1 rings (SSSR count). The van der Waals surface area contributed by atoms with E-state index in [-0.39, 0.29) is 29.9 Å². The molecule has 104 valence electrons. The lowest BCUT2D eigenvalue weighted by Gasteiger charge is -2.32. The molecule has 0 radical (unpaired) electrons. The van der Waals surface area contributed by atoms with Gasteiger partial charge in [0.15, 0.2) is 0 Å². The van der Waals surface area contributed by atoms with E-state index in [1.807, 2.05) is 20.8 Å². The average molecular weight is 257 g/mol. The molecule has 1 heterocycles. The van der Waals surface area contributed by atoms with Crippen LogP contribution in [0.2, 0.25) is 0 Å². The lowest BCUT2D eigenvalue weighted by molar-refractivity contribution is -0.142. The van der Waals surface area contributed by atoms with Crippen molar-refractivity contribution < 1.29 is 14.7 Å². The zero-order valence-electron chi connectivity index (χ0n) is 11.3. The molecule has 0 aliphatic carbocycles. The summed E-state index contributed by atoms with van der Waals surface area (Å²) in [6, 6.07) is 0. The van der Waals surface area contributed by atoms with Gasteiger partial charge in [-0.15, -0.1) is 0 Å². The molecule has 0 spiro atoms. The van der Waals surface area contributed by atoms with Gasteiger partial charge in [0, 0.05) is 19.0 Å². The number of rotatable bonds is 3. The predicted molar refractivity (Wildman–Crippen MR) is 68.4 cm³/mol. The van der Waals surface area contributed by atoms with E-state index in [0.717, 1.165) is 12.8 Å². The lowest BCUT2D eigenvalue weighted by atomic mass is 9.97. The van der Waals surface area contributed by atoms with Gasteiger partial charge in [-0.1, -0.05) is 5.16 Å². The molecular formula is C12H23N3O3. The normalized spacial score (nSPS) is 22.1. The highest BCUT2D eigenvalue weighted by Gasteiger charge is 2.27. The zero-order valence-corrected chi connectivity index (χ0v) is 11.3. The standard InChI is InChI=1S/C12H23N3O3/c1-12(2,3)18-8-10(16)15-6-4-5-9(7-15)11(13)14-17/h9,17H,4-8H2,1-3H3,(H2,13,14). The first kappa shape index (κ1) is 14.8. The second-order valence-corrected chi connectivity index (χ2v) is 5.60. The van der Waals surface area contributed by atoms with Gasteiger partial charge in [-0.25, -0.2) is 0 Å². The maximum atomic E-state index is 12.0. The molecule has 1 unspecified atom stereocenters. The second-order valence-electron chi connectivity index (χ2n) is 5.60. The predicted octanol–water partition coefficient (Wildman–Crippen LogP) is 0.786. The van der Waals surface area contributed by atoms with Crippen molar-refractivity contribution in [1.29, 1.82) is 0 Å². The van der Waals surface area contributed by atoms with Crippen molar-refractivity contribution >= 4 is 11.7 Å². The Labute approximate surface area is 108 Å². The van der Waals surface area contributed by atoms with E-state index < -0.39 is 0 Å². The topological polar surface area (TPSA) is 88.2 Å². The maximum Gasteiger partial charge on any atom is 0.248 e. The Hall–Kier alpha value is -1.30. The van der Waals surface area contributed by atoms with Crippen molar-refractivity contribution in [2.75, 3.05) is 19.7 Å². The molecule has 1 atom stereocenters. The number of ether oxygens (including phenoxy) is 1. The third kappa shape index (κ3) is 4.52. The van der Waals surface area contributed by atoms with Gasteiger partial charge in [-0.3, -0.25) is 4.79 Å². The fraction of sp³-hybridized carbons (Fsp3) is 0.833. The quantitative estimate of drug-likeness (QED) is 0.338. The summed E-state index contributed by atoms with van der Waals surface area (Å²) in [6.07, 6.45) is 1.71. The number of oxime groups is 1. The van der Waals surface area contributed by atoms with Gasteiger partial charge in [-0.2, -0.15) is 0 Å². The molecule has 0 aromatic heterocycles. The minimum absolute atomic E-state index is 0.0413. The Morgan fingerprint density at radius 1 is 1.56 bits per heavy atom. The first-order valence-corrected chi connectivity index (χ1v) is 6.22. The fourth-order valence-corrected chi connectivity index (χ4v) is 1.90. The number of likely N-dealkylation sites (tertiary alicyclic amines) is 1. The van der Waals surface area contributed by atoms with Crippen LogP contribution in [0.3, 0.4) is 0 Å². The smallest absolute Gasteiger partial charge is 0.248 e. The molecule has 1 saturated heterocycles. The second kappa shape index (κ2) is 6.04. The monoisotopic (exact) mass is 257 g/mol. The number of piperidine rings is 1. The van der Waals surface area contributed by atoms with Crippen LogP contribution in [-0.4, -0.2) is 47.1 Å². The number of carbonyl (C=O) groups is 1. The van der Waals surface area contributed by atoms with Gasteiger partial charge in [0.1, 0.15) is 12.4 Å². The summed E-state index contributed by atoms with van der Waals surface area (Å²) in [6.45, 7) is 7.03. The Bertz CT molecular complexity index is 323. The van der Waals surface area contributed by atoms with Crippen LogP contribution in [0.1, 0.15) is 33.6 Å². The lowest BCUT2D eigenvalue weighted by Crippen LogP contribution is -2.46. The van der Waals surface area contributed by atoms with E-state index in [1.54, 1.807) is 4.90 Å². The third-order valence-electron chi connectivity index (χ3n) is 2.94. The summed E-state index contributed by atoms with van der Waals surface area (Å²) in [5, 5.41) is 11.7. The summed E-state index contributed by atoms with van der Waals surface area (Å²) >= 11 is 0. The van der Waals surface area contributed by atoms with Crippen LogP contribution in [0.5, 0.6) is 0 Å². The van der Waals surface area contributed by atoms with E-state index in [9.17, 15) is 4.79 Å². The third-order valence-corrected chi connectivity index (χ3v) is 2.94. The van der Waals surface area contributed by atoms with Crippen molar-refractivity contribution in [2.24, 2.45) is 16.8 Å². The van der Waals surface area contributed by atoms with Gasteiger partial charge in [0.2, 0.25) is 5.91 Å². The number of amides is 1. The number of hydrogen-bond donors (Lipinski definition) is 2. The summed E-state index contributed by atoms with van der Waals surface area (Å²) in [5.41, 5.74) is 5.26. The number of amidine groups is 1. The average Bonchev–Trinajstić information content (AvgIpc) is 2.34. The van der Waals surface area contributed by atoms with Crippen LogP contribution in [0.15, 0.2) is 5.16 Å². The van der Waals surface area contributed by atoms with Crippen LogP contribution in [0.25, 0.3) is 0 Å². The molecule has 1 amide bonds. The molecular weight excluding hydrogens is 234 g/mol. The van der Waals surface area contributed by atoms with E-state index in [2.05, 4.69) is 5.16 Å². The molecule has 6 nitrogen and oxygen atoms in total. The number of nitrogens with zero attached hydrogens (tertiary/aromatic N) is 2. The van der Waals surface area contributed by atoms with Gasteiger partial charge in [-0.05, 0) is 33.6 Å². The number of nitrogens with two attached hydrogens (primary N) is 1. The van der Waals surface area contributed by atoms with Gasteiger partial charge in [0.25, 0.3) is 0 Å². The summed E-state index contributed by atoms with van der Waals surface area (Å²) in [4.78, 5) is 13.7. The van der Waals surface area contributed by atoms with Gasteiger partial charge >= 0.3 is 0 Å². The fourth-order valence-electron chi connectivity index (χ4n) is 1.90. The molecule has 0 bridgehead atoms. The van der Waals surface area contributed by atoms with Gasteiger partial charge in [0.05, 0.1) is 5.60 Å². The van der Waals surface area contributed by atoms with Crippen LogP contribution in [0.4, 0.5) is 0 Å². The maximum absolute atomic E-state index is 12.0. The molecule has 18 heavy (non-hydrogen) atoms. The van der Waals surface area contributed by atoms with Crippen LogP contribution >= 0.6 is 0 Å². The van der Waals surface area contributed by atoms with Crippen molar-refractivity contribution in [3.8, 4) is 0 Å². The van der Waals surface area contributed by atoms with E-state index >= 15 is 0 Å². The molecule has 6 heteroatoms. The molecule has 1 aliphatic rings.